The zero-order valence-electron chi connectivity index (χ0n) is 17.2. The fourth-order valence-corrected chi connectivity index (χ4v) is 3.25. The monoisotopic (exact) mass is 395 g/mol. The standard InChI is InChI=1S/C21H25N5O3/c1-13-5-6-17-20(21(24-26(17)14(13)2)29-10-8-25(3)4)23-15-12-19-16(11-18(15)27)22-7-9-28-19/h5-6,12H,7-11H2,1-4H3. The molecule has 0 radical (unpaired) electrons. The average Bonchev–Trinajstić information content (AvgIpc) is 3.03. The number of ether oxygens (including phenoxy) is 2. The van der Waals surface area contributed by atoms with Gasteiger partial charge in [-0.1, -0.05) is 6.07 Å². The van der Waals surface area contributed by atoms with Crippen LogP contribution in [0.5, 0.6) is 5.88 Å². The van der Waals surface area contributed by atoms with E-state index in [1.807, 2.05) is 49.5 Å². The summed E-state index contributed by atoms with van der Waals surface area (Å²) in [6.45, 7) is 6.36. The first kappa shape index (κ1) is 19.3. The Labute approximate surface area is 169 Å². The highest BCUT2D eigenvalue weighted by Gasteiger charge is 2.27. The smallest absolute Gasteiger partial charge is 0.260 e. The maximum Gasteiger partial charge on any atom is 0.260 e. The van der Waals surface area contributed by atoms with Gasteiger partial charge in [0.15, 0.2) is 11.5 Å². The predicted molar refractivity (Wildman–Crippen MR) is 112 cm³/mol. The highest BCUT2D eigenvalue weighted by molar-refractivity contribution is 6.50. The van der Waals surface area contributed by atoms with Crippen LogP contribution >= 0.6 is 0 Å². The first-order valence-electron chi connectivity index (χ1n) is 9.70. The number of carbonyl (C=O) groups is 1. The molecule has 0 spiro atoms. The highest BCUT2D eigenvalue weighted by Crippen LogP contribution is 2.34. The second kappa shape index (κ2) is 7.79. The number of nitrogens with zero attached hydrogens (tertiary/aromatic N) is 5. The molecule has 0 saturated heterocycles. The van der Waals surface area contributed by atoms with E-state index in [9.17, 15) is 4.79 Å². The van der Waals surface area contributed by atoms with E-state index in [2.05, 4.69) is 15.1 Å². The molecule has 2 aromatic heterocycles. The fourth-order valence-electron chi connectivity index (χ4n) is 3.25. The minimum absolute atomic E-state index is 0.0829. The second-order valence-corrected chi connectivity index (χ2v) is 7.49. The number of likely N-dealkylation sites (N-methyl/N-ethyl adjacent to an activating group) is 1. The van der Waals surface area contributed by atoms with Crippen molar-refractivity contribution in [2.45, 2.75) is 20.3 Å². The molecule has 0 unspecified atom stereocenters. The zero-order chi connectivity index (χ0) is 20.5. The summed E-state index contributed by atoms with van der Waals surface area (Å²) in [6, 6.07) is 3.98. The number of pyridine rings is 1. The number of hydrogen-bond acceptors (Lipinski definition) is 7. The molecule has 8 heteroatoms. The van der Waals surface area contributed by atoms with Crippen LogP contribution in [0, 0.1) is 13.8 Å². The van der Waals surface area contributed by atoms with Gasteiger partial charge in [-0.05, 0) is 39.6 Å². The van der Waals surface area contributed by atoms with Crippen molar-refractivity contribution in [1.82, 2.24) is 14.5 Å². The third-order valence-electron chi connectivity index (χ3n) is 5.07. The highest BCUT2D eigenvalue weighted by atomic mass is 16.5. The minimum atomic E-state index is -0.0829. The van der Waals surface area contributed by atoms with Gasteiger partial charge < -0.3 is 14.4 Å². The van der Waals surface area contributed by atoms with Crippen molar-refractivity contribution in [2.24, 2.45) is 9.98 Å². The quantitative estimate of drug-likeness (QED) is 0.776. The van der Waals surface area contributed by atoms with E-state index >= 15 is 0 Å². The van der Waals surface area contributed by atoms with E-state index in [0.29, 0.717) is 48.5 Å². The van der Waals surface area contributed by atoms with Gasteiger partial charge in [-0.15, -0.1) is 5.10 Å². The van der Waals surface area contributed by atoms with Crippen molar-refractivity contribution in [1.29, 1.82) is 0 Å². The lowest BCUT2D eigenvalue weighted by molar-refractivity contribution is -0.112. The first-order chi connectivity index (χ1) is 13.9. The van der Waals surface area contributed by atoms with Gasteiger partial charge in [-0.3, -0.25) is 9.79 Å². The molecule has 152 valence electrons. The van der Waals surface area contributed by atoms with Crippen LogP contribution in [0.15, 0.2) is 34.0 Å². The first-order valence-corrected chi connectivity index (χ1v) is 9.70. The molecule has 0 saturated carbocycles. The Bertz CT molecular complexity index is 1060. The Morgan fingerprint density at radius 2 is 2.14 bits per heavy atom. The van der Waals surface area contributed by atoms with Gasteiger partial charge in [0.2, 0.25) is 0 Å². The fraction of sp³-hybridized carbons (Fsp3) is 0.429. The summed E-state index contributed by atoms with van der Waals surface area (Å²) < 4.78 is 13.4. The number of rotatable bonds is 5. The molecular weight excluding hydrogens is 370 g/mol. The molecular formula is C21H25N5O3. The Morgan fingerprint density at radius 1 is 1.31 bits per heavy atom. The van der Waals surface area contributed by atoms with E-state index in [0.717, 1.165) is 23.3 Å². The lowest BCUT2D eigenvalue weighted by Gasteiger charge is -2.20. The number of hydrogen-bond donors (Lipinski definition) is 0. The summed E-state index contributed by atoms with van der Waals surface area (Å²) in [5.74, 6) is 0.969. The van der Waals surface area contributed by atoms with Crippen LogP contribution in [-0.4, -0.2) is 72.1 Å². The third kappa shape index (κ3) is 3.80. The molecule has 8 nitrogen and oxygen atoms in total. The summed E-state index contributed by atoms with van der Waals surface area (Å²) in [7, 11) is 3.97. The van der Waals surface area contributed by atoms with E-state index in [1.54, 1.807) is 6.08 Å². The molecule has 2 aliphatic rings. The largest absolute Gasteiger partial charge is 0.490 e. The minimum Gasteiger partial charge on any atom is -0.490 e. The van der Waals surface area contributed by atoms with Gasteiger partial charge in [0.05, 0.1) is 24.2 Å². The van der Waals surface area contributed by atoms with Gasteiger partial charge >= 0.3 is 0 Å². The summed E-state index contributed by atoms with van der Waals surface area (Å²) in [6.07, 6.45) is 1.89. The van der Waals surface area contributed by atoms with E-state index in [1.165, 1.54) is 0 Å². The summed E-state index contributed by atoms with van der Waals surface area (Å²) >= 11 is 0. The van der Waals surface area contributed by atoms with Crippen molar-refractivity contribution in [3.8, 4) is 5.88 Å². The van der Waals surface area contributed by atoms with Gasteiger partial charge in [0.1, 0.15) is 24.7 Å². The third-order valence-corrected chi connectivity index (χ3v) is 5.07. The second-order valence-electron chi connectivity index (χ2n) is 7.49. The molecule has 0 fully saturated rings. The van der Waals surface area contributed by atoms with Gasteiger partial charge in [-0.25, -0.2) is 9.51 Å². The molecule has 0 N–H and O–H groups in total. The molecule has 2 aromatic rings. The molecule has 0 aromatic carbocycles. The summed E-state index contributed by atoms with van der Waals surface area (Å²) in [5.41, 5.74) is 4.52. The van der Waals surface area contributed by atoms with Crippen LogP contribution in [0.2, 0.25) is 0 Å². The van der Waals surface area contributed by atoms with Gasteiger partial charge in [0, 0.05) is 18.3 Å². The Kier molecular flexibility index (Phi) is 5.19. The SMILES string of the molecule is Cc1ccc2c(N=C3C=C4OCCN=C4CC3=O)c(OCCN(C)C)nn2c1C. The molecule has 29 heavy (non-hydrogen) atoms. The topological polar surface area (TPSA) is 80.8 Å². The predicted octanol–water partition coefficient (Wildman–Crippen LogP) is 2.29. The molecule has 4 rings (SSSR count). The number of allylic oxidation sites excluding steroid dienone is 2. The normalized spacial score (nSPS) is 18.0. The van der Waals surface area contributed by atoms with E-state index in [-0.39, 0.29) is 12.2 Å². The van der Waals surface area contributed by atoms with Crippen molar-refractivity contribution in [3.63, 3.8) is 0 Å². The number of fused-ring (bicyclic) bond motifs is 2. The molecule has 3 heterocycles. The Morgan fingerprint density at radius 3 is 2.93 bits per heavy atom. The van der Waals surface area contributed by atoms with Crippen LogP contribution in [0.25, 0.3) is 5.52 Å². The maximum atomic E-state index is 12.7. The Hall–Kier alpha value is -3.00. The van der Waals surface area contributed by atoms with Crippen molar-refractivity contribution in [3.05, 3.63) is 35.2 Å². The molecule has 0 bridgehead atoms. The summed E-state index contributed by atoms with van der Waals surface area (Å²) in [5, 5.41) is 4.62. The average molecular weight is 395 g/mol. The lowest BCUT2D eigenvalue weighted by atomic mass is 10.00. The van der Waals surface area contributed by atoms with E-state index in [4.69, 9.17) is 9.47 Å². The number of Topliss-reactive ketones (excluding diaryl/α,β-unsaturated/α-hetero) is 1. The summed E-state index contributed by atoms with van der Waals surface area (Å²) in [4.78, 5) is 23.8. The number of carbonyl (C=O) groups excluding carboxylic acids is 1. The van der Waals surface area contributed by atoms with Crippen LogP contribution in [0.4, 0.5) is 5.69 Å². The van der Waals surface area contributed by atoms with Crippen LogP contribution < -0.4 is 4.74 Å². The van der Waals surface area contributed by atoms with Crippen molar-refractivity contribution < 1.29 is 14.3 Å². The number of aromatic nitrogens is 2. The Balaban J connectivity index is 1.80. The molecule has 1 aliphatic carbocycles. The van der Waals surface area contributed by atoms with Gasteiger partial charge in [-0.2, -0.15) is 0 Å². The zero-order valence-corrected chi connectivity index (χ0v) is 17.2. The van der Waals surface area contributed by atoms with Crippen LogP contribution in [0.1, 0.15) is 17.7 Å². The van der Waals surface area contributed by atoms with Gasteiger partial charge in [0.25, 0.3) is 5.88 Å². The molecule has 1 aliphatic heterocycles. The van der Waals surface area contributed by atoms with Crippen LogP contribution in [0.3, 0.4) is 0 Å². The van der Waals surface area contributed by atoms with Crippen LogP contribution in [-0.2, 0) is 9.53 Å². The molecule has 0 amide bonds. The maximum absolute atomic E-state index is 12.7. The van der Waals surface area contributed by atoms with E-state index < -0.39 is 0 Å². The lowest BCUT2D eigenvalue weighted by Crippen LogP contribution is -2.28. The van der Waals surface area contributed by atoms with Crippen molar-refractivity contribution in [2.75, 3.05) is 40.4 Å². The van der Waals surface area contributed by atoms with Crippen molar-refractivity contribution >= 4 is 28.4 Å². The number of aliphatic imine (C=N–C) groups is 2. The number of ketones is 1. The molecule has 0 atom stereocenters. The number of aryl methyl sites for hydroxylation is 2.